The van der Waals surface area contributed by atoms with Crippen LogP contribution in [-0.2, 0) is 31.4 Å². The second kappa shape index (κ2) is 16.7. The lowest BCUT2D eigenvalue weighted by Gasteiger charge is -2.41. The van der Waals surface area contributed by atoms with Crippen LogP contribution in [0.2, 0.25) is 0 Å². The number of piperazine rings is 1. The number of nitrogens with zero attached hydrogens (tertiary/aromatic N) is 6. The van der Waals surface area contributed by atoms with Gasteiger partial charge in [0.2, 0.25) is 0 Å². The third kappa shape index (κ3) is 8.02. The Balaban J connectivity index is 1.15. The van der Waals surface area contributed by atoms with Gasteiger partial charge in [-0.1, -0.05) is 38.1 Å². The molecule has 0 aliphatic carbocycles. The van der Waals surface area contributed by atoms with Crippen molar-refractivity contribution in [3.63, 3.8) is 0 Å². The Bertz CT molecular complexity index is 2150. The third-order valence-corrected chi connectivity index (χ3v) is 11.4. The zero-order valence-electron chi connectivity index (χ0n) is 32.3. The fourth-order valence-electron chi connectivity index (χ4n) is 7.95. The third-order valence-electron chi connectivity index (χ3n) is 10.9. The molecule has 11 heteroatoms. The van der Waals surface area contributed by atoms with E-state index in [-0.39, 0.29) is 29.0 Å². The van der Waals surface area contributed by atoms with Crippen molar-refractivity contribution in [3.8, 4) is 28.7 Å². The van der Waals surface area contributed by atoms with Crippen molar-refractivity contribution >= 4 is 27.9 Å². The highest BCUT2D eigenvalue weighted by atomic mass is 79.9. The minimum atomic E-state index is -0.259. The molecule has 2 aromatic carbocycles. The molecule has 4 aromatic rings. The van der Waals surface area contributed by atoms with Gasteiger partial charge in [-0.15, -0.1) is 0 Å². The average Bonchev–Trinajstić information content (AvgIpc) is 3.17. The summed E-state index contributed by atoms with van der Waals surface area (Å²) in [5, 5.41) is 10.0. The Morgan fingerprint density at radius 3 is 2.24 bits per heavy atom. The summed E-state index contributed by atoms with van der Waals surface area (Å²) in [6.07, 6.45) is 4.20. The van der Waals surface area contributed by atoms with E-state index in [1.807, 2.05) is 37.1 Å². The van der Waals surface area contributed by atoms with Crippen molar-refractivity contribution in [1.29, 1.82) is 5.26 Å². The normalized spacial score (nSPS) is 16.6. The number of fused-ring (bicyclic) bond motifs is 1. The quantitative estimate of drug-likeness (QED) is 0.0977. The van der Waals surface area contributed by atoms with E-state index in [0.29, 0.717) is 23.4 Å². The van der Waals surface area contributed by atoms with Crippen LogP contribution in [0, 0.1) is 31.1 Å². The summed E-state index contributed by atoms with van der Waals surface area (Å²) in [5.74, 6) is 1.43. The van der Waals surface area contributed by atoms with Crippen LogP contribution in [-0.4, -0.2) is 77.1 Å². The maximum absolute atomic E-state index is 13.9. The van der Waals surface area contributed by atoms with E-state index in [4.69, 9.17) is 9.47 Å². The Morgan fingerprint density at radius 2 is 1.63 bits per heavy atom. The highest BCUT2D eigenvalue weighted by Crippen LogP contribution is 2.39. The first kappa shape index (κ1) is 38.9. The lowest BCUT2D eigenvalue weighted by atomic mass is 9.83. The minimum absolute atomic E-state index is 0.00544. The Labute approximate surface area is 326 Å². The van der Waals surface area contributed by atoms with E-state index >= 15 is 0 Å². The number of pyridine rings is 2. The largest absolute Gasteiger partial charge is 0.496 e. The first-order chi connectivity index (χ1) is 25.9. The monoisotopic (exact) mass is 792 g/mol. The molecule has 0 bridgehead atoms. The second-order valence-corrected chi connectivity index (χ2v) is 15.4. The molecular weight excluding hydrogens is 744 g/mol. The molecule has 54 heavy (non-hydrogen) atoms. The molecule has 10 nitrogen and oxygen atoms in total. The molecule has 0 N–H and O–H groups in total. The number of benzene rings is 2. The Kier molecular flexibility index (Phi) is 12.1. The Hall–Kier alpha value is -4.76. The molecule has 0 spiro atoms. The second-order valence-electron chi connectivity index (χ2n) is 14.6. The van der Waals surface area contributed by atoms with Gasteiger partial charge in [0.05, 0.1) is 31.5 Å². The zero-order chi connectivity index (χ0) is 38.7. The van der Waals surface area contributed by atoms with Gasteiger partial charge in [0.1, 0.15) is 27.7 Å². The lowest BCUT2D eigenvalue weighted by Crippen LogP contribution is -2.46. The van der Waals surface area contributed by atoms with Crippen molar-refractivity contribution in [2.24, 2.45) is 13.0 Å². The molecule has 0 saturated carbocycles. The molecule has 6 rings (SSSR count). The van der Waals surface area contributed by atoms with E-state index in [1.54, 1.807) is 38.0 Å². The number of nitriles is 1. The van der Waals surface area contributed by atoms with Gasteiger partial charge in [0, 0.05) is 70.2 Å². The lowest BCUT2D eigenvalue weighted by molar-refractivity contribution is -0.130. The van der Waals surface area contributed by atoms with Crippen LogP contribution >= 0.6 is 15.9 Å². The van der Waals surface area contributed by atoms with E-state index in [1.165, 1.54) is 16.7 Å². The highest BCUT2D eigenvalue weighted by molar-refractivity contribution is 9.10. The fraction of sp³-hybridized carbons (Fsp3) is 0.395. The average molecular weight is 794 g/mol. The maximum Gasteiger partial charge on any atom is 0.265 e. The summed E-state index contributed by atoms with van der Waals surface area (Å²) in [7, 11) is 5.17. The van der Waals surface area contributed by atoms with Crippen molar-refractivity contribution in [2.75, 3.05) is 46.9 Å². The van der Waals surface area contributed by atoms with Gasteiger partial charge in [0.25, 0.3) is 11.5 Å². The van der Waals surface area contributed by atoms with Crippen LogP contribution in [0.25, 0.3) is 17.2 Å². The number of amides is 1. The SMILES string of the molecule is COc1cc(-c2cn(C)c(=O)c(C)c2C)cc(OC)c1CN1CCN(Cc2cccc3c2CCN(C(=O)/C(C#N)=C/c2cccc(Br)n2)C3C(C)C)CC1. The molecule has 1 saturated heterocycles. The van der Waals surface area contributed by atoms with E-state index in [0.717, 1.165) is 78.5 Å². The number of aryl methyl sites for hydroxylation is 1. The van der Waals surface area contributed by atoms with Crippen LogP contribution in [0.5, 0.6) is 11.5 Å². The predicted octanol–water partition coefficient (Wildman–Crippen LogP) is 6.85. The van der Waals surface area contributed by atoms with Crippen LogP contribution in [0.4, 0.5) is 0 Å². The van der Waals surface area contributed by atoms with E-state index in [2.05, 4.69) is 81.0 Å². The van der Waals surface area contributed by atoms with Gasteiger partial charge in [-0.05, 0) is 100 Å². The van der Waals surface area contributed by atoms with Crippen LogP contribution < -0.4 is 15.0 Å². The summed E-state index contributed by atoms with van der Waals surface area (Å²) < 4.78 is 14.1. The number of hydrogen-bond acceptors (Lipinski definition) is 8. The van der Waals surface area contributed by atoms with Gasteiger partial charge in [-0.2, -0.15) is 5.26 Å². The van der Waals surface area contributed by atoms with Crippen LogP contribution in [0.3, 0.4) is 0 Å². The van der Waals surface area contributed by atoms with E-state index < -0.39 is 0 Å². The highest BCUT2D eigenvalue weighted by Gasteiger charge is 2.35. The minimum Gasteiger partial charge on any atom is -0.496 e. The first-order valence-corrected chi connectivity index (χ1v) is 19.3. The summed E-state index contributed by atoms with van der Waals surface area (Å²) in [5.41, 5.74) is 9.07. The maximum atomic E-state index is 13.9. The number of aromatic nitrogens is 2. The van der Waals surface area contributed by atoms with Crippen molar-refractivity contribution in [1.82, 2.24) is 24.3 Å². The number of methoxy groups -OCH3 is 2. The van der Waals surface area contributed by atoms with Crippen molar-refractivity contribution in [2.45, 2.75) is 53.2 Å². The molecule has 1 amide bonds. The number of carbonyl (C=O) groups is 1. The number of ether oxygens (including phenoxy) is 2. The number of carbonyl (C=O) groups excluding carboxylic acids is 1. The number of hydrogen-bond donors (Lipinski definition) is 0. The molecule has 2 aromatic heterocycles. The molecule has 1 fully saturated rings. The Morgan fingerprint density at radius 1 is 0.981 bits per heavy atom. The van der Waals surface area contributed by atoms with Crippen LogP contribution in [0.1, 0.15) is 59.0 Å². The van der Waals surface area contributed by atoms with Gasteiger partial charge in [-0.3, -0.25) is 19.4 Å². The molecule has 0 radical (unpaired) electrons. The summed E-state index contributed by atoms with van der Waals surface area (Å²) in [4.78, 5) is 37.6. The van der Waals surface area contributed by atoms with Gasteiger partial charge >= 0.3 is 0 Å². The molecule has 2 aliphatic heterocycles. The molecule has 4 heterocycles. The number of halogens is 1. The van der Waals surface area contributed by atoms with Crippen molar-refractivity contribution in [3.05, 3.63) is 114 Å². The summed E-state index contributed by atoms with van der Waals surface area (Å²) in [6, 6.07) is 18.0. The smallest absolute Gasteiger partial charge is 0.265 e. The van der Waals surface area contributed by atoms with Crippen molar-refractivity contribution < 1.29 is 14.3 Å². The standard InChI is InChI=1S/C43H49BrN6O4/c1-27(2)41-35-12-8-10-30(34(35)14-15-50(41)43(52)32(23-45)20-33-11-9-13-40(44)46-33)24-48-16-18-49(19-17-48)26-37-38(53-6)21-31(22-39(37)54-7)36-25-47(5)42(51)29(4)28(36)3/h8-13,20-22,25,27,41H,14-19,24,26H2,1-7H3/b32-20+. The topological polar surface area (TPSA) is 104 Å². The molecular formula is C43H49BrN6O4. The fourth-order valence-corrected chi connectivity index (χ4v) is 8.31. The first-order valence-electron chi connectivity index (χ1n) is 18.5. The predicted molar refractivity (Wildman–Crippen MR) is 215 cm³/mol. The molecule has 1 unspecified atom stereocenters. The summed E-state index contributed by atoms with van der Waals surface area (Å²) in [6.45, 7) is 13.9. The molecule has 2 aliphatic rings. The molecule has 1 atom stereocenters. The van der Waals surface area contributed by atoms with Crippen LogP contribution in [0.15, 0.2) is 69.7 Å². The van der Waals surface area contributed by atoms with Gasteiger partial charge in [-0.25, -0.2) is 4.98 Å². The summed E-state index contributed by atoms with van der Waals surface area (Å²) >= 11 is 3.38. The van der Waals surface area contributed by atoms with E-state index in [9.17, 15) is 14.9 Å². The van der Waals surface area contributed by atoms with Gasteiger partial charge in [0.15, 0.2) is 0 Å². The van der Waals surface area contributed by atoms with Gasteiger partial charge < -0.3 is 18.9 Å². The zero-order valence-corrected chi connectivity index (χ0v) is 33.9. The number of rotatable bonds is 10. The molecule has 282 valence electrons.